The first kappa shape index (κ1) is 24.8. The Bertz CT molecular complexity index is 1460. The van der Waals surface area contributed by atoms with Crippen molar-refractivity contribution in [2.24, 2.45) is 10.7 Å². The Balaban J connectivity index is 1.66. The van der Waals surface area contributed by atoms with Gasteiger partial charge in [0, 0.05) is 28.7 Å². The highest BCUT2D eigenvalue weighted by molar-refractivity contribution is 5.98. The lowest BCUT2D eigenvalue weighted by atomic mass is 9.93. The fourth-order valence-corrected chi connectivity index (χ4v) is 3.86. The fourth-order valence-electron chi connectivity index (χ4n) is 3.86. The van der Waals surface area contributed by atoms with Crippen molar-refractivity contribution < 1.29 is 19.0 Å². The molecule has 0 amide bonds. The zero-order valence-electron chi connectivity index (χ0n) is 20.2. The number of aromatic amines is 1. The maximum atomic E-state index is 15.1. The Morgan fingerprint density at radius 3 is 2.58 bits per heavy atom. The number of ether oxygens (including phenoxy) is 2. The van der Waals surface area contributed by atoms with Gasteiger partial charge in [0.2, 0.25) is 0 Å². The van der Waals surface area contributed by atoms with Crippen LogP contribution in [0.2, 0.25) is 0 Å². The topological polar surface area (TPSA) is 92.9 Å². The van der Waals surface area contributed by atoms with Gasteiger partial charge in [-0.15, -0.1) is 0 Å². The van der Waals surface area contributed by atoms with Gasteiger partial charge in [-0.25, -0.2) is 9.38 Å². The number of rotatable bonds is 9. The van der Waals surface area contributed by atoms with Crippen LogP contribution >= 0.6 is 0 Å². The summed E-state index contributed by atoms with van der Waals surface area (Å²) in [6.07, 6.45) is 1.71. The minimum absolute atomic E-state index is 0.00960. The van der Waals surface area contributed by atoms with E-state index >= 15 is 4.39 Å². The number of aromatic nitrogens is 1. The molecule has 6 nitrogen and oxygen atoms in total. The molecule has 1 aromatic heterocycles. The molecule has 184 valence electrons. The number of nitrogens with zero attached hydrogens (tertiary/aromatic N) is 1. The van der Waals surface area contributed by atoms with E-state index in [2.05, 4.69) is 23.1 Å². The number of fused-ring (bicyclic) bond motifs is 1. The average molecular weight is 486 g/mol. The summed E-state index contributed by atoms with van der Waals surface area (Å²) in [6.45, 7) is 11.7. The van der Waals surface area contributed by atoms with E-state index in [1.54, 1.807) is 49.5 Å². The van der Waals surface area contributed by atoms with Gasteiger partial charge >= 0.3 is 0 Å². The Hall–Kier alpha value is -4.36. The van der Waals surface area contributed by atoms with Crippen LogP contribution in [0.4, 0.5) is 4.39 Å². The van der Waals surface area contributed by atoms with Crippen molar-refractivity contribution in [1.82, 2.24) is 4.98 Å². The van der Waals surface area contributed by atoms with Gasteiger partial charge in [0.25, 0.3) is 0 Å². The maximum absolute atomic E-state index is 15.1. The molecule has 1 atom stereocenters. The summed E-state index contributed by atoms with van der Waals surface area (Å²) in [6, 6.07) is 19.0. The van der Waals surface area contributed by atoms with Gasteiger partial charge in [-0.2, -0.15) is 0 Å². The first-order chi connectivity index (χ1) is 17.2. The normalized spacial score (nSPS) is 13.3. The molecule has 0 saturated heterocycles. The fraction of sp³-hybridized carbons (Fsp3) is 0.138. The van der Waals surface area contributed by atoms with Crippen LogP contribution in [0.1, 0.15) is 30.5 Å². The minimum atomic E-state index is -1.41. The van der Waals surface area contributed by atoms with Crippen molar-refractivity contribution >= 4 is 22.5 Å². The first-order valence-corrected chi connectivity index (χ1v) is 11.4. The van der Waals surface area contributed by atoms with E-state index in [4.69, 9.17) is 15.2 Å². The van der Waals surface area contributed by atoms with E-state index in [-0.39, 0.29) is 17.3 Å². The number of halogens is 1. The van der Waals surface area contributed by atoms with Crippen molar-refractivity contribution in [2.75, 3.05) is 6.61 Å². The molecule has 0 aliphatic heterocycles. The molecule has 0 saturated carbocycles. The Labute approximate surface area is 209 Å². The first-order valence-electron chi connectivity index (χ1n) is 11.4. The SMILES string of the molecule is C=C(OCC)c1c(Oc2cccc(C(N)=NC(=C)C(C)(O)c3ccccc3)c2)c(F)cc2[nH]ccc12. The number of nitrogens with one attached hydrogen (secondary N) is 1. The van der Waals surface area contributed by atoms with E-state index in [1.807, 2.05) is 31.2 Å². The predicted molar refractivity (Wildman–Crippen MR) is 141 cm³/mol. The van der Waals surface area contributed by atoms with E-state index in [0.29, 0.717) is 40.3 Å². The molecular formula is C29H28FN3O3. The lowest BCUT2D eigenvalue weighted by molar-refractivity contribution is 0.0967. The van der Waals surface area contributed by atoms with E-state index in [0.717, 1.165) is 5.39 Å². The summed E-state index contributed by atoms with van der Waals surface area (Å²) >= 11 is 0. The van der Waals surface area contributed by atoms with Crippen LogP contribution in [-0.4, -0.2) is 22.5 Å². The maximum Gasteiger partial charge on any atom is 0.174 e. The van der Waals surface area contributed by atoms with Crippen LogP contribution in [-0.2, 0) is 10.3 Å². The molecule has 0 aliphatic rings. The van der Waals surface area contributed by atoms with Gasteiger partial charge in [-0.05, 0) is 37.6 Å². The summed E-state index contributed by atoms with van der Waals surface area (Å²) in [5.41, 5.74) is 7.20. The van der Waals surface area contributed by atoms with Crippen molar-refractivity contribution in [3.63, 3.8) is 0 Å². The van der Waals surface area contributed by atoms with E-state index in [1.165, 1.54) is 6.07 Å². The van der Waals surface area contributed by atoms with E-state index in [9.17, 15) is 5.11 Å². The largest absolute Gasteiger partial charge is 0.494 e. The molecule has 1 unspecified atom stereocenters. The lowest BCUT2D eigenvalue weighted by Gasteiger charge is -2.24. The lowest BCUT2D eigenvalue weighted by Crippen LogP contribution is -2.25. The van der Waals surface area contributed by atoms with E-state index < -0.39 is 11.4 Å². The Kier molecular flexibility index (Phi) is 6.94. The third kappa shape index (κ3) is 4.87. The molecule has 4 rings (SSSR count). The molecule has 1 heterocycles. The zero-order chi connectivity index (χ0) is 25.9. The van der Waals surface area contributed by atoms with Gasteiger partial charge < -0.3 is 25.3 Å². The zero-order valence-corrected chi connectivity index (χ0v) is 20.2. The summed E-state index contributed by atoms with van der Waals surface area (Å²) in [7, 11) is 0. The minimum Gasteiger partial charge on any atom is -0.494 e. The third-order valence-electron chi connectivity index (χ3n) is 5.86. The third-order valence-corrected chi connectivity index (χ3v) is 5.86. The van der Waals surface area contributed by atoms with Crippen LogP contribution in [0.3, 0.4) is 0 Å². The molecule has 0 bridgehead atoms. The Morgan fingerprint density at radius 1 is 1.11 bits per heavy atom. The second-order valence-electron chi connectivity index (χ2n) is 8.37. The van der Waals surface area contributed by atoms with Gasteiger partial charge in [0.1, 0.15) is 22.9 Å². The number of aliphatic hydroxyl groups is 1. The predicted octanol–water partition coefficient (Wildman–Crippen LogP) is 6.23. The van der Waals surface area contributed by atoms with Crippen molar-refractivity contribution in [3.8, 4) is 11.5 Å². The molecule has 0 spiro atoms. The molecule has 0 fully saturated rings. The smallest absolute Gasteiger partial charge is 0.174 e. The average Bonchev–Trinajstić information content (AvgIpc) is 3.33. The highest BCUT2D eigenvalue weighted by Crippen LogP contribution is 2.38. The number of H-pyrrole nitrogens is 1. The van der Waals surface area contributed by atoms with Crippen molar-refractivity contribution in [1.29, 1.82) is 0 Å². The van der Waals surface area contributed by atoms with Gasteiger partial charge in [0.05, 0.1) is 17.9 Å². The van der Waals surface area contributed by atoms with Crippen molar-refractivity contribution in [3.05, 3.63) is 114 Å². The second kappa shape index (κ2) is 10.1. The monoisotopic (exact) mass is 485 g/mol. The number of nitrogens with two attached hydrogens (primary N) is 1. The molecule has 0 aliphatic carbocycles. The molecule has 7 heteroatoms. The molecule has 36 heavy (non-hydrogen) atoms. The number of amidine groups is 1. The van der Waals surface area contributed by atoms with Crippen molar-refractivity contribution in [2.45, 2.75) is 19.4 Å². The number of hydrogen-bond donors (Lipinski definition) is 3. The van der Waals surface area contributed by atoms with Crippen LogP contribution in [0.5, 0.6) is 11.5 Å². The number of aliphatic imine (C=N–C) groups is 1. The molecule has 0 radical (unpaired) electrons. The van der Waals surface area contributed by atoms with Gasteiger partial charge in [-0.3, -0.25) is 0 Å². The standard InChI is InChI=1S/C29H28FN3O3/c1-5-35-18(2)26-23-14-15-32-25(23)17-24(30)27(26)36-22-13-9-10-20(16-22)28(31)33-19(3)29(4,34)21-11-7-6-8-12-21/h6-17,32,34H,2-3,5H2,1,4H3,(H2,31,33). The molecular weight excluding hydrogens is 457 g/mol. The van der Waals surface area contributed by atoms with Crippen LogP contribution < -0.4 is 10.5 Å². The number of benzene rings is 3. The second-order valence-corrected chi connectivity index (χ2v) is 8.37. The van der Waals surface area contributed by atoms with Crippen LogP contribution in [0, 0.1) is 5.82 Å². The molecule has 3 aromatic carbocycles. The molecule has 4 aromatic rings. The summed E-state index contributed by atoms with van der Waals surface area (Å²) in [4.78, 5) is 7.35. The number of hydrogen-bond acceptors (Lipinski definition) is 4. The summed E-state index contributed by atoms with van der Waals surface area (Å²) in [5.74, 6) is 0.186. The Morgan fingerprint density at radius 2 is 1.86 bits per heavy atom. The van der Waals surface area contributed by atoms with Gasteiger partial charge in [-0.1, -0.05) is 55.6 Å². The molecule has 4 N–H and O–H groups in total. The van der Waals surface area contributed by atoms with Gasteiger partial charge in [0.15, 0.2) is 11.6 Å². The van der Waals surface area contributed by atoms with Crippen LogP contribution in [0.15, 0.2) is 96.8 Å². The summed E-state index contributed by atoms with van der Waals surface area (Å²) < 4.78 is 26.7. The quantitative estimate of drug-likeness (QED) is 0.149. The summed E-state index contributed by atoms with van der Waals surface area (Å²) in [5, 5.41) is 11.7. The van der Waals surface area contributed by atoms with Crippen LogP contribution in [0.25, 0.3) is 16.7 Å². The highest BCUT2D eigenvalue weighted by atomic mass is 19.1. The highest BCUT2D eigenvalue weighted by Gasteiger charge is 2.27.